The number of carboxylic acids is 1. The molecule has 1 atom stereocenters. The minimum Gasteiger partial charge on any atom is -0.481 e. The van der Waals surface area contributed by atoms with Gasteiger partial charge in [-0.2, -0.15) is 0 Å². The molecule has 0 spiro atoms. The van der Waals surface area contributed by atoms with E-state index in [1.54, 1.807) is 0 Å². The van der Waals surface area contributed by atoms with Gasteiger partial charge in [0.05, 0.1) is 0 Å². The lowest BCUT2D eigenvalue weighted by Crippen LogP contribution is -2.04. The molecule has 0 heterocycles. The lowest BCUT2D eigenvalue weighted by molar-refractivity contribution is -0.137. The fourth-order valence-corrected chi connectivity index (χ4v) is 2.83. The molecule has 0 radical (unpaired) electrons. The Balaban J connectivity index is 2.95. The van der Waals surface area contributed by atoms with Crippen molar-refractivity contribution in [3.63, 3.8) is 0 Å². The van der Waals surface area contributed by atoms with Crippen LogP contribution in [0.4, 0.5) is 0 Å². The van der Waals surface area contributed by atoms with Crippen LogP contribution in [0.5, 0.6) is 0 Å². The maximum Gasteiger partial charge on any atom is 0.303 e. The van der Waals surface area contributed by atoms with Gasteiger partial charge in [0, 0.05) is 12.8 Å². The van der Waals surface area contributed by atoms with Gasteiger partial charge in [0.25, 0.3) is 0 Å². The van der Waals surface area contributed by atoms with Gasteiger partial charge in [0.2, 0.25) is 0 Å². The van der Waals surface area contributed by atoms with E-state index in [1.807, 2.05) is 0 Å². The number of aliphatic carboxylic acids is 1. The van der Waals surface area contributed by atoms with E-state index in [-0.39, 0.29) is 0 Å². The number of unbranched alkanes of at least 4 members (excludes halogenated alkanes) is 8. The van der Waals surface area contributed by atoms with E-state index in [2.05, 4.69) is 5.09 Å². The van der Waals surface area contributed by atoms with E-state index in [9.17, 15) is 9.59 Å². The lowest BCUT2D eigenvalue weighted by Gasteiger charge is -2.04. The summed E-state index contributed by atoms with van der Waals surface area (Å²) in [7, 11) is 0.726. The molecule has 0 aliphatic heterocycles. The van der Waals surface area contributed by atoms with Crippen molar-refractivity contribution in [2.45, 2.75) is 70.6 Å². The second-order valence-electron chi connectivity index (χ2n) is 5.13. The van der Waals surface area contributed by atoms with Gasteiger partial charge >= 0.3 is 5.97 Å². The number of hydrogen-bond acceptors (Lipinski definition) is 3. The molecule has 0 aromatic carbocycles. The van der Waals surface area contributed by atoms with Crippen molar-refractivity contribution in [2.75, 3.05) is 12.7 Å². The summed E-state index contributed by atoms with van der Waals surface area (Å²) < 4.78 is 0. The van der Waals surface area contributed by atoms with Crippen molar-refractivity contribution in [3.05, 3.63) is 0 Å². The van der Waals surface area contributed by atoms with Crippen LogP contribution < -0.4 is 5.09 Å². The van der Waals surface area contributed by atoms with Gasteiger partial charge in [-0.3, -0.25) is 9.88 Å². The molecule has 118 valence electrons. The van der Waals surface area contributed by atoms with Gasteiger partial charge in [0.15, 0.2) is 0 Å². The second kappa shape index (κ2) is 16.6. The summed E-state index contributed by atoms with van der Waals surface area (Å²) >= 11 is 0. The molecule has 0 rings (SSSR count). The average Bonchev–Trinajstić information content (AvgIpc) is 2.43. The molecule has 20 heavy (non-hydrogen) atoms. The Hall–Kier alpha value is -0.470. The maximum atomic E-state index is 10.3. The lowest BCUT2D eigenvalue weighted by atomic mass is 10.1. The Morgan fingerprint density at radius 1 is 0.950 bits per heavy atom. The number of carboxylic acid groups (broad SMARTS) is 1. The van der Waals surface area contributed by atoms with Gasteiger partial charge in [0.1, 0.15) is 6.29 Å². The molecule has 0 aromatic heterocycles. The SMILES string of the molecule is O=CCCPNCCCCCCCCCCCC(=O)O. The van der Waals surface area contributed by atoms with Crippen LogP contribution in [-0.4, -0.2) is 30.1 Å². The van der Waals surface area contributed by atoms with Crippen molar-refractivity contribution < 1.29 is 14.7 Å². The van der Waals surface area contributed by atoms with E-state index in [4.69, 9.17) is 5.11 Å². The summed E-state index contributed by atoms with van der Waals surface area (Å²) in [6.07, 6.45) is 13.6. The van der Waals surface area contributed by atoms with Crippen LogP contribution >= 0.6 is 8.73 Å². The number of nitrogens with one attached hydrogen (secondary N) is 1. The van der Waals surface area contributed by atoms with E-state index in [0.29, 0.717) is 12.8 Å². The Morgan fingerprint density at radius 3 is 2.05 bits per heavy atom. The largest absolute Gasteiger partial charge is 0.481 e. The first-order valence-electron chi connectivity index (χ1n) is 7.88. The highest BCUT2D eigenvalue weighted by atomic mass is 31.1. The smallest absolute Gasteiger partial charge is 0.303 e. The number of aldehydes is 1. The Bertz CT molecular complexity index is 237. The highest BCUT2D eigenvalue weighted by molar-refractivity contribution is 7.35. The van der Waals surface area contributed by atoms with E-state index < -0.39 is 5.97 Å². The first-order valence-corrected chi connectivity index (χ1v) is 9.09. The van der Waals surface area contributed by atoms with Gasteiger partial charge < -0.3 is 9.90 Å². The minimum absolute atomic E-state index is 0.320. The summed E-state index contributed by atoms with van der Waals surface area (Å²) in [6.45, 7) is 1.08. The van der Waals surface area contributed by atoms with E-state index in [0.717, 1.165) is 40.6 Å². The highest BCUT2D eigenvalue weighted by Gasteiger charge is 1.96. The predicted molar refractivity (Wildman–Crippen MR) is 85.7 cm³/mol. The van der Waals surface area contributed by atoms with E-state index >= 15 is 0 Å². The first kappa shape index (κ1) is 19.5. The predicted octanol–water partition coefficient (Wildman–Crippen LogP) is 3.74. The molecule has 0 saturated carbocycles. The average molecular weight is 303 g/mol. The fraction of sp³-hybridized carbons (Fsp3) is 0.867. The normalized spacial score (nSPS) is 11.2. The van der Waals surface area contributed by atoms with Crippen LogP contribution in [-0.2, 0) is 9.59 Å². The number of hydrogen-bond donors (Lipinski definition) is 2. The summed E-state index contributed by atoms with van der Waals surface area (Å²) in [5, 5.41) is 11.9. The second-order valence-corrected chi connectivity index (χ2v) is 6.34. The molecular formula is C15H30NO3P. The third-order valence-electron chi connectivity index (χ3n) is 3.20. The third kappa shape index (κ3) is 17.5. The molecule has 0 amide bonds. The highest BCUT2D eigenvalue weighted by Crippen LogP contribution is 2.11. The topological polar surface area (TPSA) is 66.4 Å². The zero-order chi connectivity index (χ0) is 14.9. The molecule has 0 fully saturated rings. The summed E-state index contributed by atoms with van der Waals surface area (Å²) in [5.41, 5.74) is 0. The fourth-order valence-electron chi connectivity index (χ4n) is 2.03. The molecule has 1 unspecified atom stereocenters. The van der Waals surface area contributed by atoms with Crippen molar-refractivity contribution in [1.29, 1.82) is 0 Å². The van der Waals surface area contributed by atoms with Crippen LogP contribution in [0.15, 0.2) is 0 Å². The summed E-state index contributed by atoms with van der Waals surface area (Å²) in [5.74, 6) is -0.676. The summed E-state index contributed by atoms with van der Waals surface area (Å²) in [4.78, 5) is 20.4. The molecular weight excluding hydrogens is 273 g/mol. The molecule has 0 bridgehead atoms. The Kier molecular flexibility index (Phi) is 16.2. The molecule has 0 aliphatic rings. The third-order valence-corrected chi connectivity index (χ3v) is 4.24. The number of carbonyl (C=O) groups excluding carboxylic acids is 1. The van der Waals surface area contributed by atoms with Crippen molar-refractivity contribution in [1.82, 2.24) is 5.09 Å². The van der Waals surface area contributed by atoms with Gasteiger partial charge in [-0.1, -0.05) is 53.7 Å². The van der Waals surface area contributed by atoms with Crippen LogP contribution in [0.1, 0.15) is 70.6 Å². The van der Waals surface area contributed by atoms with Crippen molar-refractivity contribution in [3.8, 4) is 0 Å². The summed E-state index contributed by atoms with van der Waals surface area (Å²) in [6, 6.07) is 0. The standard InChI is InChI=1S/C15H30NO3P/c17-13-10-14-20-16-12-9-7-5-3-1-2-4-6-8-11-15(18)19/h13,16,20H,1-12,14H2,(H,18,19). The molecule has 2 N–H and O–H groups in total. The molecule has 5 heteroatoms. The Labute approximate surface area is 124 Å². The van der Waals surface area contributed by atoms with Crippen LogP contribution in [0.2, 0.25) is 0 Å². The number of carbonyl (C=O) groups is 2. The first-order chi connectivity index (χ1) is 9.77. The van der Waals surface area contributed by atoms with Crippen LogP contribution in [0.3, 0.4) is 0 Å². The van der Waals surface area contributed by atoms with Gasteiger partial charge in [-0.15, -0.1) is 0 Å². The molecule has 0 saturated heterocycles. The quantitative estimate of drug-likeness (QED) is 0.259. The van der Waals surface area contributed by atoms with Crippen molar-refractivity contribution in [2.24, 2.45) is 0 Å². The molecule has 0 aliphatic carbocycles. The van der Waals surface area contributed by atoms with Crippen LogP contribution in [0.25, 0.3) is 0 Å². The van der Waals surface area contributed by atoms with Crippen molar-refractivity contribution >= 4 is 21.0 Å². The van der Waals surface area contributed by atoms with Crippen LogP contribution in [0, 0.1) is 0 Å². The van der Waals surface area contributed by atoms with Gasteiger partial charge in [-0.25, -0.2) is 0 Å². The monoisotopic (exact) mass is 303 g/mol. The molecule has 0 aromatic rings. The van der Waals surface area contributed by atoms with Gasteiger partial charge in [-0.05, 0) is 25.5 Å². The zero-order valence-electron chi connectivity index (χ0n) is 12.5. The Morgan fingerprint density at radius 2 is 1.50 bits per heavy atom. The molecule has 4 nitrogen and oxygen atoms in total. The number of rotatable bonds is 16. The van der Waals surface area contributed by atoms with E-state index in [1.165, 1.54) is 44.9 Å². The maximum absolute atomic E-state index is 10.3. The zero-order valence-corrected chi connectivity index (χ0v) is 13.5. The minimum atomic E-state index is -0.676.